The maximum absolute atomic E-state index is 15.0. The molecular formula is C63H84N7O18S4+. The van der Waals surface area contributed by atoms with Gasteiger partial charge < -0.3 is 41.8 Å². The van der Waals surface area contributed by atoms with Crippen LogP contribution in [0.2, 0.25) is 0 Å². The Morgan fingerprint density at radius 3 is 1.76 bits per heavy atom. The van der Waals surface area contributed by atoms with Crippen LogP contribution in [0.1, 0.15) is 163 Å². The molecule has 0 bridgehead atoms. The number of unbranched alkanes of at least 4 members (excludes halogenated alkanes) is 4. The number of carbonyl (C=O) groups excluding carboxylic acids is 4. The number of hydrogen-bond acceptors (Lipinski definition) is 17. The molecule has 1 aliphatic carbocycles. The Morgan fingerprint density at radius 1 is 0.663 bits per heavy atom. The summed E-state index contributed by atoms with van der Waals surface area (Å²) in [6.45, 7) is 6.20. The van der Waals surface area contributed by atoms with Crippen molar-refractivity contribution < 1.29 is 85.1 Å². The second-order valence-corrected chi connectivity index (χ2v) is 30.5. The van der Waals surface area contributed by atoms with E-state index in [-0.39, 0.29) is 104 Å². The van der Waals surface area contributed by atoms with Crippen LogP contribution in [-0.4, -0.2) is 160 Å². The Kier molecular flexibility index (Phi) is 25.5. The maximum Gasteiger partial charge on any atom is 0.266 e. The van der Waals surface area contributed by atoms with Crippen molar-refractivity contribution >= 4 is 81.1 Å². The number of nitrogens with one attached hydrogen (secondary N) is 3. The van der Waals surface area contributed by atoms with Crippen LogP contribution >= 0.6 is 0 Å². The first-order valence-electron chi connectivity index (χ1n) is 30.2. The van der Waals surface area contributed by atoms with E-state index in [1.54, 1.807) is 67.3 Å². The number of rotatable bonds is 34. The van der Waals surface area contributed by atoms with E-state index in [9.17, 15) is 71.1 Å². The van der Waals surface area contributed by atoms with Crippen LogP contribution in [0.3, 0.4) is 0 Å². The number of amides is 3. The second kappa shape index (κ2) is 31.7. The van der Waals surface area contributed by atoms with E-state index >= 15 is 0 Å². The number of allylic oxidation sites excluding steroid dienone is 4. The van der Waals surface area contributed by atoms with Gasteiger partial charge in [0.2, 0.25) is 5.69 Å². The number of terminal acetylenes is 2. The number of fused-ring (bicyclic) bond motifs is 2. The first kappa shape index (κ1) is 74.0. The highest BCUT2D eigenvalue weighted by molar-refractivity contribution is 7.86. The van der Waals surface area contributed by atoms with E-state index < -0.39 is 105 Å². The fourth-order valence-corrected chi connectivity index (χ4v) is 13.8. The average Bonchev–Trinajstić information content (AvgIpc) is 1.58. The molecule has 0 aromatic heterocycles. The zero-order valence-corrected chi connectivity index (χ0v) is 55.4. The largest absolute Gasteiger partial charge is 0.493 e. The van der Waals surface area contributed by atoms with Crippen LogP contribution in [0.15, 0.2) is 66.4 Å². The quantitative estimate of drug-likeness (QED) is 0.0119. The van der Waals surface area contributed by atoms with Crippen LogP contribution in [0, 0.1) is 30.6 Å². The highest BCUT2D eigenvalue weighted by atomic mass is 32.2. The Bertz CT molecular complexity index is 3870. The second-order valence-electron chi connectivity index (χ2n) is 24.2. The number of carbonyl (C=O) groups is 4. The van der Waals surface area contributed by atoms with Gasteiger partial charge in [-0.15, -0.1) is 24.7 Å². The summed E-state index contributed by atoms with van der Waals surface area (Å²) < 4.78 is 148. The lowest BCUT2D eigenvalue weighted by Gasteiger charge is -2.30. The molecule has 0 spiro atoms. The highest BCUT2D eigenvalue weighted by Crippen LogP contribution is 2.50. The number of nitrogens with two attached hydrogens (primary N) is 2. The Hall–Kier alpha value is -7.03. The van der Waals surface area contributed by atoms with Gasteiger partial charge >= 0.3 is 0 Å². The van der Waals surface area contributed by atoms with E-state index in [2.05, 4.69) is 27.8 Å². The van der Waals surface area contributed by atoms with Gasteiger partial charge in [-0.1, -0.05) is 26.0 Å². The molecule has 25 nitrogen and oxygen atoms in total. The Balaban J connectivity index is 1.43. The van der Waals surface area contributed by atoms with E-state index in [1.165, 1.54) is 12.1 Å². The predicted octanol–water partition coefficient (Wildman–Crippen LogP) is 5.41. The van der Waals surface area contributed by atoms with E-state index in [0.717, 1.165) is 0 Å². The Morgan fingerprint density at radius 2 is 1.21 bits per heavy atom. The molecule has 29 heteroatoms. The molecule has 0 saturated heterocycles. The van der Waals surface area contributed by atoms with Crippen molar-refractivity contribution in [3.8, 4) is 36.2 Å². The molecule has 1 fully saturated rings. The molecular weight excluding hydrogens is 1270 g/mol. The van der Waals surface area contributed by atoms with Crippen LogP contribution < -0.4 is 41.8 Å². The van der Waals surface area contributed by atoms with E-state index in [1.807, 2.05) is 18.4 Å². The fourth-order valence-electron chi connectivity index (χ4n) is 12.1. The molecule has 3 aliphatic rings. The van der Waals surface area contributed by atoms with Gasteiger partial charge in [-0.3, -0.25) is 37.4 Å². The number of anilines is 1. The molecule has 1 unspecified atom stereocenters. The highest BCUT2D eigenvalue weighted by Gasteiger charge is 2.48. The SMILES string of the molecule is C#CCCCCOc1cc(C(=O)CC2C[C@@H](N)C[C@@H](N)C2)cc(OCCCCC#C)c1CNC(=O)c1cccc2c1C(C)(C)C(C=CC=C1N(CCCS(=O)(=O)O)c3cc(C(=O)NCCS(=O)(=O)O)cc(C(=O)NCCS(=O)(=O)O)c3C1(C)C)=[N+]2CCCS(=O)(=O)O. The minimum absolute atomic E-state index is 0.0108. The summed E-state index contributed by atoms with van der Waals surface area (Å²) in [4.78, 5) is 58.6. The summed E-state index contributed by atoms with van der Waals surface area (Å²) in [5.41, 5.74) is 13.4. The van der Waals surface area contributed by atoms with Gasteiger partial charge in [0.05, 0.1) is 64.9 Å². The third-order valence-corrected chi connectivity index (χ3v) is 19.2. The van der Waals surface area contributed by atoms with E-state index in [0.29, 0.717) is 103 Å². The summed E-state index contributed by atoms with van der Waals surface area (Å²) in [6.07, 6.45) is 21.5. The maximum atomic E-state index is 15.0. The van der Waals surface area contributed by atoms with Crippen LogP contribution in [-0.2, 0) is 57.8 Å². The zero-order valence-electron chi connectivity index (χ0n) is 52.1. The van der Waals surface area contributed by atoms with Crippen LogP contribution in [0.4, 0.5) is 11.4 Å². The predicted molar refractivity (Wildman–Crippen MR) is 349 cm³/mol. The molecule has 0 radical (unpaired) electrons. The van der Waals surface area contributed by atoms with Gasteiger partial charge in [-0.05, 0) is 108 Å². The third kappa shape index (κ3) is 20.7. The summed E-state index contributed by atoms with van der Waals surface area (Å²) >= 11 is 0. The molecule has 2 heterocycles. The minimum Gasteiger partial charge on any atom is -0.493 e. The topological polar surface area (TPSA) is 399 Å². The molecule has 3 aromatic rings. The summed E-state index contributed by atoms with van der Waals surface area (Å²) in [6, 6.07) is 10.7. The van der Waals surface area contributed by atoms with Crippen molar-refractivity contribution in [1.82, 2.24) is 16.0 Å². The summed E-state index contributed by atoms with van der Waals surface area (Å²) in [5.74, 6) is 0.295. The van der Waals surface area contributed by atoms with Gasteiger partial charge in [0.25, 0.3) is 58.2 Å². The molecule has 6 rings (SSSR count). The van der Waals surface area contributed by atoms with Gasteiger partial charge in [-0.25, -0.2) is 0 Å². The van der Waals surface area contributed by atoms with Crippen LogP contribution in [0.25, 0.3) is 0 Å². The fraction of sp³-hybridized carbons (Fsp3) is 0.508. The number of benzene rings is 3. The van der Waals surface area contributed by atoms with Crippen molar-refractivity contribution in [3.05, 3.63) is 105 Å². The summed E-state index contributed by atoms with van der Waals surface area (Å²) in [5, 5.41) is 7.88. The van der Waals surface area contributed by atoms with E-state index in [4.69, 9.17) is 33.8 Å². The molecule has 3 atom stereocenters. The number of hydrogen-bond donors (Lipinski definition) is 9. The number of ether oxygens (including phenoxy) is 2. The normalized spacial score (nSPS) is 18.2. The van der Waals surface area contributed by atoms with Gasteiger partial charge in [-0.2, -0.15) is 38.2 Å². The molecule has 3 amide bonds. The lowest BCUT2D eigenvalue weighted by atomic mass is 9.78. The van der Waals surface area contributed by atoms with Crippen molar-refractivity contribution in [1.29, 1.82) is 0 Å². The smallest absolute Gasteiger partial charge is 0.266 e. The lowest BCUT2D eigenvalue weighted by Crippen LogP contribution is -2.40. The number of ketones is 1. The van der Waals surface area contributed by atoms with Crippen LogP contribution in [0.5, 0.6) is 11.5 Å². The third-order valence-electron chi connectivity index (χ3n) is 16.2. The monoisotopic (exact) mass is 1350 g/mol. The zero-order chi connectivity index (χ0) is 68.0. The van der Waals surface area contributed by atoms with Crippen molar-refractivity contribution in [2.75, 3.05) is 67.3 Å². The van der Waals surface area contributed by atoms with Gasteiger partial charge in [0, 0.05) is 109 Å². The molecule has 1 saturated carbocycles. The average molecular weight is 1360 g/mol. The Labute approximate surface area is 539 Å². The first-order valence-corrected chi connectivity index (χ1v) is 36.6. The molecule has 3 aromatic carbocycles. The minimum atomic E-state index is -4.56. The number of Topliss-reactive ketones (excluding diaryl/α,β-unsaturated/α-hetero) is 1. The lowest BCUT2D eigenvalue weighted by molar-refractivity contribution is -0.437. The first-order chi connectivity index (χ1) is 43.0. The molecule has 92 heavy (non-hydrogen) atoms. The number of nitrogens with zero attached hydrogens (tertiary/aromatic N) is 2. The molecule has 502 valence electrons. The van der Waals surface area contributed by atoms with Crippen molar-refractivity contribution in [2.24, 2.45) is 17.4 Å². The standard InChI is InChI=1S/C63H83N7O18S4/c1-7-9-11-13-27-87-53-38-43(52(71)35-42-33-45(64)40-46(65)34-42)39-54(88-28-14-12-10-8-2)49(53)41-68-60(73)47-19-15-20-50-57(47)62(3,4)55(69(50)25-17-29-89(75,76)77)21-16-22-56-63(5,6)58-48(61(74)67-24-32-92(84,85)86)36-44(59(72)66-23-31-91(81,82)83)37-51(58)70(56)26-18-30-90(78,79)80/h1-2,15-16,19-22,36-39,42,45-46H,9-14,17-18,23-35,40-41,64-65H2,3-6H3,(H6-,66,67,68,72,73,74,75,76,77,78,79,80,81,82,83,84,85,86)/p+1/t42?,45-,46+. The van der Waals surface area contributed by atoms with Crippen molar-refractivity contribution in [3.63, 3.8) is 0 Å². The van der Waals surface area contributed by atoms with Crippen molar-refractivity contribution in [2.45, 2.75) is 134 Å². The van der Waals surface area contributed by atoms with Gasteiger partial charge in [0.15, 0.2) is 11.5 Å². The molecule has 11 N–H and O–H groups in total. The molecule has 2 aliphatic heterocycles. The summed E-state index contributed by atoms with van der Waals surface area (Å²) in [7, 11) is -18.1. The van der Waals surface area contributed by atoms with Gasteiger partial charge in [0.1, 0.15) is 18.0 Å².